The third-order valence-corrected chi connectivity index (χ3v) is 13.0. The second kappa shape index (κ2) is 19.9. The summed E-state index contributed by atoms with van der Waals surface area (Å²) >= 11 is 1.71. The maximum atomic E-state index is 14.9. The van der Waals surface area contributed by atoms with Crippen LogP contribution in [0.3, 0.4) is 0 Å². The van der Waals surface area contributed by atoms with Gasteiger partial charge in [-0.25, -0.2) is 9.37 Å². The Kier molecular flexibility index (Phi) is 14.3. The number of carbonyl (C=O) groups excluding carboxylic acids is 4. The molecule has 1 atom stereocenters. The van der Waals surface area contributed by atoms with Crippen molar-refractivity contribution in [2.24, 2.45) is 5.92 Å². The zero-order chi connectivity index (χ0) is 40.4. The zero-order valence-corrected chi connectivity index (χ0v) is 33.7. The Morgan fingerprint density at radius 3 is 2.47 bits per heavy atom. The van der Waals surface area contributed by atoms with Crippen LogP contribution in [0.1, 0.15) is 81.5 Å². The van der Waals surface area contributed by atoms with E-state index in [1.807, 2.05) is 17.0 Å². The van der Waals surface area contributed by atoms with Gasteiger partial charge in [-0.2, -0.15) is 11.8 Å². The molecule has 4 aliphatic heterocycles. The summed E-state index contributed by atoms with van der Waals surface area (Å²) in [6, 6.07) is 10.6. The number of amides is 4. The first-order valence-corrected chi connectivity index (χ1v) is 21.7. The van der Waals surface area contributed by atoms with Crippen LogP contribution < -0.4 is 26.2 Å². The number of rotatable bonds is 15. The average molecular weight is 820 g/mol. The quantitative estimate of drug-likeness (QED) is 0.129. The molecule has 3 aromatic rings. The minimum Gasteiger partial charge on any atom is -0.493 e. The lowest BCUT2D eigenvalue weighted by molar-refractivity contribution is -0.134. The lowest BCUT2D eigenvalue weighted by atomic mass is 9.89. The van der Waals surface area contributed by atoms with E-state index in [-0.39, 0.29) is 34.5 Å². The third-order valence-electron chi connectivity index (χ3n) is 11.7. The topological polar surface area (TPSA) is 175 Å². The Labute approximate surface area is 341 Å². The van der Waals surface area contributed by atoms with E-state index in [4.69, 9.17) is 9.47 Å². The molecule has 1 aromatic heterocycles. The first-order valence-electron chi connectivity index (χ1n) is 20.7. The number of aromatic amines is 1. The average Bonchev–Trinajstić information content (AvgIpc) is 3.23. The minimum absolute atomic E-state index is 0.0426. The number of H-pyrrole nitrogens is 1. The third kappa shape index (κ3) is 11.3. The molecule has 58 heavy (non-hydrogen) atoms. The molecule has 312 valence electrons. The second-order valence-electron chi connectivity index (χ2n) is 15.8. The molecular weight excluding hydrogens is 766 g/mol. The number of fused-ring (bicyclic) bond motifs is 1. The van der Waals surface area contributed by atoms with Crippen molar-refractivity contribution in [1.82, 2.24) is 30.4 Å². The summed E-state index contributed by atoms with van der Waals surface area (Å²) in [7, 11) is 0. The second-order valence-corrected chi connectivity index (χ2v) is 17.1. The first kappa shape index (κ1) is 41.6. The fraction of sp³-hybridized carbons (Fsp3) is 0.571. The Hall–Kier alpha value is -4.54. The van der Waals surface area contributed by atoms with Crippen LogP contribution in [0.2, 0.25) is 0 Å². The van der Waals surface area contributed by atoms with E-state index >= 15 is 0 Å². The van der Waals surface area contributed by atoms with E-state index in [1.165, 1.54) is 11.6 Å². The van der Waals surface area contributed by atoms with Crippen molar-refractivity contribution in [3.8, 4) is 5.75 Å². The highest BCUT2D eigenvalue weighted by Gasteiger charge is 2.28. The highest BCUT2D eigenvalue weighted by molar-refractivity contribution is 7.99. The van der Waals surface area contributed by atoms with Crippen molar-refractivity contribution in [3.05, 3.63) is 64.0 Å². The molecule has 4 fully saturated rings. The van der Waals surface area contributed by atoms with Crippen molar-refractivity contribution >= 4 is 52.0 Å². The molecule has 4 aliphatic rings. The number of nitrogens with zero attached hydrogens (tertiary/aromatic N) is 3. The van der Waals surface area contributed by atoms with Crippen molar-refractivity contribution in [2.75, 3.05) is 64.4 Å². The van der Waals surface area contributed by atoms with Gasteiger partial charge in [0.25, 0.3) is 5.56 Å². The van der Waals surface area contributed by atoms with Gasteiger partial charge in [0, 0.05) is 68.8 Å². The van der Waals surface area contributed by atoms with Gasteiger partial charge in [0.2, 0.25) is 23.6 Å². The van der Waals surface area contributed by atoms with Gasteiger partial charge in [-0.1, -0.05) is 12.1 Å². The SMILES string of the molecule is O=C(CN1CCC(SCc2nc3cc(OCC4CCOCC4)cc(F)c3c(=O)[nH]2)CC1)NCCCC(=O)N1CCC(c2ccc(NC3CCC(=O)NC3=O)cc2)CC1. The molecule has 0 radical (unpaired) electrons. The molecule has 0 bridgehead atoms. The maximum absolute atomic E-state index is 14.9. The smallest absolute Gasteiger partial charge is 0.261 e. The summed E-state index contributed by atoms with van der Waals surface area (Å²) < 4.78 is 26.2. The summed E-state index contributed by atoms with van der Waals surface area (Å²) in [5.74, 6) is 0.981. The number of hydrogen-bond acceptors (Lipinski definition) is 11. The molecule has 16 heteroatoms. The van der Waals surface area contributed by atoms with Crippen LogP contribution in [0.4, 0.5) is 10.1 Å². The summed E-state index contributed by atoms with van der Waals surface area (Å²) in [5.41, 5.74) is 1.84. The van der Waals surface area contributed by atoms with Crippen molar-refractivity contribution in [1.29, 1.82) is 0 Å². The number of carbonyl (C=O) groups is 4. The lowest BCUT2D eigenvalue weighted by Gasteiger charge is -2.32. The molecule has 1 unspecified atom stereocenters. The number of anilines is 1. The van der Waals surface area contributed by atoms with Gasteiger partial charge in [-0.05, 0) is 94.0 Å². The Morgan fingerprint density at radius 1 is 0.966 bits per heavy atom. The molecule has 0 spiro atoms. The fourth-order valence-electron chi connectivity index (χ4n) is 8.19. The lowest BCUT2D eigenvalue weighted by Crippen LogP contribution is -2.47. The summed E-state index contributed by atoms with van der Waals surface area (Å²) in [5, 5.41) is 8.84. The van der Waals surface area contributed by atoms with Gasteiger partial charge >= 0.3 is 0 Å². The number of likely N-dealkylation sites (tertiary alicyclic amines) is 2. The minimum atomic E-state index is -0.644. The van der Waals surface area contributed by atoms with Gasteiger partial charge < -0.3 is 30.0 Å². The number of nitrogens with one attached hydrogen (secondary N) is 4. The molecule has 7 rings (SSSR count). The zero-order valence-electron chi connectivity index (χ0n) is 32.9. The van der Waals surface area contributed by atoms with Gasteiger partial charge in [-0.3, -0.25) is 34.2 Å². The van der Waals surface area contributed by atoms with Crippen LogP contribution in [-0.2, 0) is 29.7 Å². The summed E-state index contributed by atoms with van der Waals surface area (Å²) in [6.45, 7) is 5.61. The molecule has 0 aliphatic carbocycles. The van der Waals surface area contributed by atoms with Crippen LogP contribution in [0.5, 0.6) is 5.75 Å². The number of hydrogen-bond donors (Lipinski definition) is 4. The normalized spacial score (nSPS) is 20.2. The molecule has 14 nitrogen and oxygen atoms in total. The molecule has 4 amide bonds. The Morgan fingerprint density at radius 2 is 1.72 bits per heavy atom. The van der Waals surface area contributed by atoms with E-state index in [9.17, 15) is 28.4 Å². The number of halogens is 1. The number of piperidine rings is 3. The number of aromatic nitrogens is 2. The Balaban J connectivity index is 0.756. The van der Waals surface area contributed by atoms with E-state index < -0.39 is 17.4 Å². The van der Waals surface area contributed by atoms with Crippen LogP contribution in [0, 0.1) is 11.7 Å². The standard InChI is InChI=1S/C42H54FN7O7S/c43-33-22-31(57-25-27-13-20-56-21-14-27)23-35-40(33)42(55)47-36(46-35)26-58-32-11-16-49(17-12-32)24-38(52)44-15-1-2-39(53)50-18-9-29(10-19-50)28-3-5-30(6-4-28)45-34-7-8-37(51)48-41(34)54/h3-6,22-23,27,29,32,34,45H,1-2,7-21,24-26H2,(H,44,52)(H,46,47,55)(H,48,51,54). The van der Waals surface area contributed by atoms with E-state index in [1.54, 1.807) is 17.8 Å². The van der Waals surface area contributed by atoms with Gasteiger partial charge in [-0.15, -0.1) is 0 Å². The number of benzene rings is 2. The maximum Gasteiger partial charge on any atom is 0.261 e. The predicted molar refractivity (Wildman–Crippen MR) is 219 cm³/mol. The molecule has 4 saturated heterocycles. The highest BCUT2D eigenvalue weighted by atomic mass is 32.2. The largest absolute Gasteiger partial charge is 0.493 e. The van der Waals surface area contributed by atoms with E-state index in [2.05, 4.69) is 43.0 Å². The van der Waals surface area contributed by atoms with Crippen LogP contribution in [0.25, 0.3) is 10.9 Å². The number of thioether (sulfide) groups is 1. The summed E-state index contributed by atoms with van der Waals surface area (Å²) in [4.78, 5) is 73.3. The van der Waals surface area contributed by atoms with Crippen LogP contribution in [0.15, 0.2) is 41.2 Å². The first-order chi connectivity index (χ1) is 28.2. The van der Waals surface area contributed by atoms with Crippen molar-refractivity contribution < 1.29 is 33.0 Å². The number of ether oxygens (including phenoxy) is 2. The number of imide groups is 1. The predicted octanol–water partition coefficient (Wildman–Crippen LogP) is 4.08. The molecule has 2 aromatic carbocycles. The highest BCUT2D eigenvalue weighted by Crippen LogP contribution is 2.30. The van der Waals surface area contributed by atoms with Crippen molar-refractivity contribution in [2.45, 2.75) is 87.2 Å². The monoisotopic (exact) mass is 819 g/mol. The van der Waals surface area contributed by atoms with E-state index in [0.717, 1.165) is 57.3 Å². The van der Waals surface area contributed by atoms with Gasteiger partial charge in [0.1, 0.15) is 28.8 Å². The summed E-state index contributed by atoms with van der Waals surface area (Å²) in [6.07, 6.45) is 7.16. The molecular formula is C42H54FN7O7S. The molecule has 4 N–H and O–H groups in total. The van der Waals surface area contributed by atoms with Gasteiger partial charge in [0.05, 0.1) is 24.4 Å². The molecule has 0 saturated carbocycles. The van der Waals surface area contributed by atoms with Crippen LogP contribution >= 0.6 is 11.8 Å². The molecule has 5 heterocycles. The Bertz CT molecular complexity index is 1980. The van der Waals surface area contributed by atoms with E-state index in [0.29, 0.717) is 106 Å². The fourth-order valence-corrected chi connectivity index (χ4v) is 9.26. The van der Waals surface area contributed by atoms with Gasteiger partial charge in [0.15, 0.2) is 0 Å². The van der Waals surface area contributed by atoms with Crippen LogP contribution in [-0.4, -0.2) is 114 Å². The van der Waals surface area contributed by atoms with Crippen molar-refractivity contribution in [3.63, 3.8) is 0 Å².